The Kier molecular flexibility index (Phi) is 4.90. The summed E-state index contributed by atoms with van der Waals surface area (Å²) in [7, 11) is 1.51. The molecule has 0 aliphatic carbocycles. The van der Waals surface area contributed by atoms with Crippen molar-refractivity contribution < 1.29 is 20.1 Å². The molecule has 106 valence electrons. The predicted octanol–water partition coefficient (Wildman–Crippen LogP) is -0.400. The molecular weight excluding hydrogens is 246 g/mol. The van der Waals surface area contributed by atoms with Crippen LogP contribution in [-0.4, -0.2) is 64.8 Å². The number of aliphatic hydroxyl groups excluding tert-OH is 3. The molecule has 0 bridgehead atoms. The third-order valence-electron chi connectivity index (χ3n) is 3.73. The second kappa shape index (κ2) is 6.45. The average Bonchev–Trinajstić information content (AvgIpc) is 2.44. The number of aliphatic hydroxyl groups is 3. The van der Waals surface area contributed by atoms with Gasteiger partial charge in [0.15, 0.2) is 0 Å². The molecular formula is C14H21NO4. The third-order valence-corrected chi connectivity index (χ3v) is 3.73. The number of rotatable bonds is 4. The summed E-state index contributed by atoms with van der Waals surface area (Å²) in [4.78, 5) is 1.95. The Morgan fingerprint density at radius 1 is 1.21 bits per heavy atom. The van der Waals surface area contributed by atoms with Gasteiger partial charge in [-0.25, -0.2) is 0 Å². The molecule has 0 saturated carbocycles. The number of likely N-dealkylation sites (tertiary alicyclic amines) is 1. The Bertz CT molecular complexity index is 386. The molecule has 1 fully saturated rings. The third kappa shape index (κ3) is 3.13. The zero-order chi connectivity index (χ0) is 13.8. The lowest BCUT2D eigenvalue weighted by molar-refractivity contribution is -0.156. The number of benzene rings is 1. The van der Waals surface area contributed by atoms with Crippen molar-refractivity contribution in [1.29, 1.82) is 0 Å². The van der Waals surface area contributed by atoms with E-state index in [-0.39, 0.29) is 6.61 Å². The number of nitrogens with zero attached hydrogens (tertiary/aromatic N) is 1. The number of piperidine rings is 1. The van der Waals surface area contributed by atoms with Crippen molar-refractivity contribution in [2.24, 2.45) is 0 Å². The van der Waals surface area contributed by atoms with Crippen molar-refractivity contribution in [3.05, 3.63) is 35.9 Å². The minimum atomic E-state index is -1.01. The fourth-order valence-corrected chi connectivity index (χ4v) is 2.58. The lowest BCUT2D eigenvalue weighted by Crippen LogP contribution is -2.62. The van der Waals surface area contributed by atoms with Crippen molar-refractivity contribution in [3.8, 4) is 0 Å². The van der Waals surface area contributed by atoms with Gasteiger partial charge in [0, 0.05) is 20.2 Å². The highest BCUT2D eigenvalue weighted by atomic mass is 16.5. The van der Waals surface area contributed by atoms with Gasteiger partial charge in [-0.1, -0.05) is 30.3 Å². The van der Waals surface area contributed by atoms with Crippen LogP contribution in [0.5, 0.6) is 0 Å². The Morgan fingerprint density at radius 2 is 1.89 bits per heavy atom. The molecule has 1 aromatic carbocycles. The summed E-state index contributed by atoms with van der Waals surface area (Å²) in [6.45, 7) is 0.895. The molecule has 3 N–H and O–H groups in total. The summed E-state index contributed by atoms with van der Waals surface area (Å²) in [5.74, 6) is 0. The van der Waals surface area contributed by atoms with Crippen molar-refractivity contribution in [1.82, 2.24) is 4.90 Å². The molecule has 5 nitrogen and oxygen atoms in total. The van der Waals surface area contributed by atoms with Crippen LogP contribution in [0.2, 0.25) is 0 Å². The molecule has 0 radical (unpaired) electrons. The summed E-state index contributed by atoms with van der Waals surface area (Å²) in [5.41, 5.74) is 1.10. The topological polar surface area (TPSA) is 73.2 Å². The second-order valence-electron chi connectivity index (χ2n) is 4.92. The standard InChI is InChI=1S/C14H21NO4/c1-19-12-8-15(7-10-5-3-2-4-6-10)11(9-16)13(17)14(12)18/h2-6,11-14,16-18H,7-9H2,1H3/t11-,12+,13+,14-/m1/s1. The van der Waals surface area contributed by atoms with Crippen LogP contribution in [0.1, 0.15) is 5.56 Å². The summed E-state index contributed by atoms with van der Waals surface area (Å²) in [6, 6.07) is 9.36. The van der Waals surface area contributed by atoms with Crippen LogP contribution in [0, 0.1) is 0 Å². The van der Waals surface area contributed by atoms with E-state index in [2.05, 4.69) is 0 Å². The monoisotopic (exact) mass is 267 g/mol. The van der Waals surface area contributed by atoms with E-state index < -0.39 is 24.4 Å². The number of ether oxygens (including phenoxy) is 1. The minimum Gasteiger partial charge on any atom is -0.395 e. The summed E-state index contributed by atoms with van der Waals surface area (Å²) >= 11 is 0. The lowest BCUT2D eigenvalue weighted by Gasteiger charge is -2.44. The molecule has 0 spiro atoms. The van der Waals surface area contributed by atoms with Crippen molar-refractivity contribution in [3.63, 3.8) is 0 Å². The molecule has 0 aromatic heterocycles. The first kappa shape index (κ1) is 14.4. The van der Waals surface area contributed by atoms with Crippen LogP contribution in [-0.2, 0) is 11.3 Å². The summed E-state index contributed by atoms with van der Waals surface area (Å²) < 4.78 is 5.20. The van der Waals surface area contributed by atoms with Gasteiger partial charge in [-0.15, -0.1) is 0 Å². The number of methoxy groups -OCH3 is 1. The van der Waals surface area contributed by atoms with Gasteiger partial charge >= 0.3 is 0 Å². The summed E-state index contributed by atoms with van der Waals surface area (Å²) in [6.07, 6.45) is -2.41. The Hall–Kier alpha value is -0.980. The highest BCUT2D eigenvalue weighted by Crippen LogP contribution is 2.22. The summed E-state index contributed by atoms with van der Waals surface area (Å²) in [5, 5.41) is 29.4. The van der Waals surface area contributed by atoms with Gasteiger partial charge in [0.1, 0.15) is 12.2 Å². The molecule has 2 rings (SSSR count). The predicted molar refractivity (Wildman–Crippen MR) is 70.5 cm³/mol. The molecule has 1 heterocycles. The molecule has 4 atom stereocenters. The molecule has 1 aliphatic heterocycles. The highest BCUT2D eigenvalue weighted by Gasteiger charge is 2.41. The van der Waals surface area contributed by atoms with Gasteiger partial charge in [-0.3, -0.25) is 4.90 Å². The molecule has 0 amide bonds. The Labute approximate surface area is 113 Å². The van der Waals surface area contributed by atoms with Crippen molar-refractivity contribution in [2.75, 3.05) is 20.3 Å². The Balaban J connectivity index is 2.12. The van der Waals surface area contributed by atoms with Gasteiger partial charge in [-0.2, -0.15) is 0 Å². The largest absolute Gasteiger partial charge is 0.395 e. The van der Waals surface area contributed by atoms with E-state index in [4.69, 9.17) is 4.74 Å². The van der Waals surface area contributed by atoms with Crippen LogP contribution >= 0.6 is 0 Å². The lowest BCUT2D eigenvalue weighted by atomic mass is 9.93. The van der Waals surface area contributed by atoms with E-state index in [9.17, 15) is 15.3 Å². The van der Waals surface area contributed by atoms with Crippen molar-refractivity contribution in [2.45, 2.75) is 30.9 Å². The SMILES string of the molecule is CO[C@H]1CN(Cc2ccccc2)[C@H](CO)[C@H](O)[C@@H]1O. The first-order valence-electron chi connectivity index (χ1n) is 6.45. The highest BCUT2D eigenvalue weighted by molar-refractivity contribution is 5.15. The molecule has 0 unspecified atom stereocenters. The Morgan fingerprint density at radius 3 is 2.47 bits per heavy atom. The van der Waals surface area contributed by atoms with E-state index in [1.807, 2.05) is 35.2 Å². The van der Waals surface area contributed by atoms with Gasteiger partial charge in [0.2, 0.25) is 0 Å². The molecule has 1 saturated heterocycles. The zero-order valence-corrected chi connectivity index (χ0v) is 11.0. The number of hydrogen-bond acceptors (Lipinski definition) is 5. The first-order valence-corrected chi connectivity index (χ1v) is 6.45. The fourth-order valence-electron chi connectivity index (χ4n) is 2.58. The maximum Gasteiger partial charge on any atom is 0.109 e. The molecule has 1 aliphatic rings. The first-order chi connectivity index (χ1) is 9.17. The fraction of sp³-hybridized carbons (Fsp3) is 0.571. The maximum atomic E-state index is 10.1. The van der Waals surface area contributed by atoms with E-state index >= 15 is 0 Å². The van der Waals surface area contributed by atoms with Crippen LogP contribution < -0.4 is 0 Å². The number of hydrogen-bond donors (Lipinski definition) is 3. The van der Waals surface area contributed by atoms with Gasteiger partial charge < -0.3 is 20.1 Å². The minimum absolute atomic E-state index is 0.193. The molecule has 5 heteroatoms. The van der Waals surface area contributed by atoms with E-state index in [1.54, 1.807) is 0 Å². The van der Waals surface area contributed by atoms with Gasteiger partial charge in [-0.05, 0) is 5.56 Å². The van der Waals surface area contributed by atoms with E-state index in [1.165, 1.54) is 7.11 Å². The molecule has 1 aromatic rings. The second-order valence-corrected chi connectivity index (χ2v) is 4.92. The van der Waals surface area contributed by atoms with Crippen LogP contribution in [0.3, 0.4) is 0 Å². The van der Waals surface area contributed by atoms with Gasteiger partial charge in [0.05, 0.1) is 18.8 Å². The smallest absolute Gasteiger partial charge is 0.109 e. The quantitative estimate of drug-likeness (QED) is 0.692. The normalized spacial score (nSPS) is 32.4. The van der Waals surface area contributed by atoms with E-state index in [0.29, 0.717) is 13.1 Å². The van der Waals surface area contributed by atoms with Crippen molar-refractivity contribution >= 4 is 0 Å². The van der Waals surface area contributed by atoms with Crippen LogP contribution in [0.15, 0.2) is 30.3 Å². The van der Waals surface area contributed by atoms with Crippen LogP contribution in [0.25, 0.3) is 0 Å². The van der Waals surface area contributed by atoms with E-state index in [0.717, 1.165) is 5.56 Å². The molecule has 19 heavy (non-hydrogen) atoms. The average molecular weight is 267 g/mol. The van der Waals surface area contributed by atoms with Crippen LogP contribution in [0.4, 0.5) is 0 Å². The zero-order valence-electron chi connectivity index (χ0n) is 11.0. The van der Waals surface area contributed by atoms with Gasteiger partial charge in [0.25, 0.3) is 0 Å². The maximum absolute atomic E-state index is 10.1.